The Morgan fingerprint density at radius 1 is 1.10 bits per heavy atom. The molecule has 2 unspecified atom stereocenters. The van der Waals surface area contributed by atoms with Crippen LogP contribution in [0.3, 0.4) is 0 Å². The van der Waals surface area contributed by atoms with Crippen LogP contribution in [0.5, 0.6) is 0 Å². The van der Waals surface area contributed by atoms with Gasteiger partial charge in [0.1, 0.15) is 0 Å². The first-order chi connectivity index (χ1) is 14.0. The highest BCUT2D eigenvalue weighted by Crippen LogP contribution is 2.55. The quantitative estimate of drug-likeness (QED) is 0.590. The average molecular weight is 416 g/mol. The Labute approximate surface area is 177 Å². The Morgan fingerprint density at radius 2 is 1.73 bits per heavy atom. The third kappa shape index (κ3) is 3.60. The number of hydrogen-bond acceptors (Lipinski definition) is 5. The van der Waals surface area contributed by atoms with E-state index in [-0.39, 0.29) is 31.5 Å². The van der Waals surface area contributed by atoms with E-state index in [2.05, 4.69) is 19.9 Å². The summed E-state index contributed by atoms with van der Waals surface area (Å²) >= 11 is 0. The van der Waals surface area contributed by atoms with Crippen molar-refractivity contribution in [3.05, 3.63) is 41.0 Å². The van der Waals surface area contributed by atoms with Gasteiger partial charge in [0.2, 0.25) is 5.91 Å². The summed E-state index contributed by atoms with van der Waals surface area (Å²) in [6, 6.07) is 5.32. The number of amides is 1. The number of ether oxygens (including phenoxy) is 1. The summed E-state index contributed by atoms with van der Waals surface area (Å²) in [5.74, 6) is -0.486. The lowest BCUT2D eigenvalue weighted by Gasteiger charge is -2.47. The molecular formula is C24H33NO5. The van der Waals surface area contributed by atoms with Crippen molar-refractivity contribution < 1.29 is 24.9 Å². The van der Waals surface area contributed by atoms with Crippen LogP contribution in [-0.4, -0.2) is 45.6 Å². The second-order valence-electron chi connectivity index (χ2n) is 10.4. The second kappa shape index (κ2) is 7.16. The molecule has 3 aliphatic rings. The lowest BCUT2D eigenvalue weighted by Crippen LogP contribution is -2.54. The Bertz CT molecular complexity index is 872. The van der Waals surface area contributed by atoms with E-state index in [0.717, 1.165) is 30.4 Å². The molecule has 2 fully saturated rings. The zero-order chi connectivity index (χ0) is 21.8. The molecule has 1 aromatic carbocycles. The molecule has 1 aromatic rings. The van der Waals surface area contributed by atoms with Crippen LogP contribution < -0.4 is 5.73 Å². The van der Waals surface area contributed by atoms with E-state index < -0.39 is 22.7 Å². The van der Waals surface area contributed by atoms with Gasteiger partial charge in [0.05, 0.1) is 30.0 Å². The molecule has 0 spiro atoms. The van der Waals surface area contributed by atoms with Gasteiger partial charge < -0.3 is 25.8 Å². The van der Waals surface area contributed by atoms with Crippen LogP contribution in [0.2, 0.25) is 0 Å². The molecule has 2 aliphatic heterocycles. The third-order valence-corrected chi connectivity index (χ3v) is 7.42. The first-order valence-electron chi connectivity index (χ1n) is 10.8. The molecule has 2 bridgehead atoms. The highest BCUT2D eigenvalue weighted by molar-refractivity contribution is 5.98. The van der Waals surface area contributed by atoms with Crippen molar-refractivity contribution in [1.29, 1.82) is 0 Å². The number of aliphatic hydroxyl groups is 3. The molecule has 0 aromatic heterocycles. The van der Waals surface area contributed by atoms with Gasteiger partial charge in [-0.1, -0.05) is 26.0 Å². The smallest absolute Gasteiger partial charge is 0.249 e. The van der Waals surface area contributed by atoms with Crippen LogP contribution in [0.25, 0.3) is 5.57 Å². The minimum absolute atomic E-state index is 0.205. The third-order valence-electron chi connectivity index (χ3n) is 7.42. The molecule has 2 heterocycles. The van der Waals surface area contributed by atoms with Crippen LogP contribution in [-0.2, 0) is 10.3 Å². The number of hydrogen-bond donors (Lipinski definition) is 4. The van der Waals surface area contributed by atoms with E-state index in [9.17, 15) is 20.1 Å². The van der Waals surface area contributed by atoms with Gasteiger partial charge in [-0.05, 0) is 66.4 Å². The summed E-state index contributed by atoms with van der Waals surface area (Å²) in [5, 5.41) is 31.7. The SMILES string of the molecule is CC1(C)CC=C(c2cc(C3(O)CC4(CO)CCC(CO)(C3)O4)ccc2C(N)=O)CC1. The summed E-state index contributed by atoms with van der Waals surface area (Å²) < 4.78 is 6.07. The monoisotopic (exact) mass is 415 g/mol. The normalized spacial score (nSPS) is 35.2. The predicted molar refractivity (Wildman–Crippen MR) is 114 cm³/mol. The van der Waals surface area contributed by atoms with Gasteiger partial charge in [0.15, 0.2) is 0 Å². The number of primary amides is 1. The van der Waals surface area contributed by atoms with Crippen LogP contribution in [0.1, 0.15) is 80.3 Å². The second-order valence-corrected chi connectivity index (χ2v) is 10.4. The fraction of sp³-hybridized carbons (Fsp3) is 0.625. The van der Waals surface area contributed by atoms with Gasteiger partial charge in [0, 0.05) is 18.4 Å². The first-order valence-corrected chi connectivity index (χ1v) is 10.8. The van der Waals surface area contributed by atoms with Crippen LogP contribution in [0, 0.1) is 5.41 Å². The van der Waals surface area contributed by atoms with Gasteiger partial charge in [-0.2, -0.15) is 0 Å². The number of carbonyl (C=O) groups excluding carboxylic acids is 1. The number of fused-ring (bicyclic) bond motifs is 2. The number of nitrogens with two attached hydrogens (primary N) is 1. The van der Waals surface area contributed by atoms with Crippen molar-refractivity contribution in [1.82, 2.24) is 0 Å². The minimum atomic E-state index is -1.26. The van der Waals surface area contributed by atoms with Gasteiger partial charge >= 0.3 is 0 Å². The van der Waals surface area contributed by atoms with Gasteiger partial charge in [-0.3, -0.25) is 4.79 Å². The van der Waals surface area contributed by atoms with Crippen LogP contribution >= 0.6 is 0 Å². The number of benzene rings is 1. The summed E-state index contributed by atoms with van der Waals surface area (Å²) in [4.78, 5) is 12.1. The van der Waals surface area contributed by atoms with Crippen LogP contribution in [0.4, 0.5) is 0 Å². The molecule has 0 radical (unpaired) electrons. The van der Waals surface area contributed by atoms with Crippen molar-refractivity contribution in [2.45, 2.75) is 75.6 Å². The Morgan fingerprint density at radius 3 is 2.23 bits per heavy atom. The van der Waals surface area contributed by atoms with Crippen molar-refractivity contribution in [3.63, 3.8) is 0 Å². The summed E-state index contributed by atoms with van der Waals surface area (Å²) in [6.07, 6.45) is 6.65. The van der Waals surface area contributed by atoms with Crippen molar-refractivity contribution >= 4 is 11.5 Å². The summed E-state index contributed by atoms with van der Waals surface area (Å²) in [6.45, 7) is 4.05. The molecule has 1 aliphatic carbocycles. The topological polar surface area (TPSA) is 113 Å². The van der Waals surface area contributed by atoms with Crippen molar-refractivity contribution in [3.8, 4) is 0 Å². The molecule has 5 N–H and O–H groups in total. The minimum Gasteiger partial charge on any atom is -0.393 e. The maximum absolute atomic E-state index is 12.1. The Hall–Kier alpha value is -1.73. The van der Waals surface area contributed by atoms with E-state index >= 15 is 0 Å². The molecule has 6 heteroatoms. The zero-order valence-electron chi connectivity index (χ0n) is 17.9. The first kappa shape index (κ1) is 21.5. The highest BCUT2D eigenvalue weighted by Gasteiger charge is 2.60. The highest BCUT2D eigenvalue weighted by atomic mass is 16.6. The zero-order valence-corrected chi connectivity index (χ0v) is 17.9. The van der Waals surface area contributed by atoms with E-state index in [1.807, 2.05) is 6.07 Å². The molecule has 30 heavy (non-hydrogen) atoms. The average Bonchev–Trinajstić information content (AvgIpc) is 3.00. The van der Waals surface area contributed by atoms with Gasteiger partial charge in [-0.15, -0.1) is 0 Å². The number of aliphatic hydroxyl groups excluding tert-OH is 2. The van der Waals surface area contributed by atoms with E-state index in [1.165, 1.54) is 0 Å². The molecule has 4 rings (SSSR count). The van der Waals surface area contributed by atoms with Gasteiger partial charge in [-0.25, -0.2) is 0 Å². The van der Waals surface area contributed by atoms with E-state index in [1.54, 1.807) is 12.1 Å². The standard InChI is InChI=1S/C24H33NO5/c1-21(2)7-5-16(6-8-21)19-11-17(3-4-18(19)20(25)28)24(29)12-22(14-26)9-10-23(13-24,15-27)30-22/h3-5,11,26-27,29H,6-10,12-15H2,1-2H3,(H2,25,28). The maximum atomic E-state index is 12.1. The van der Waals surface area contributed by atoms with Gasteiger partial charge in [0.25, 0.3) is 0 Å². The van der Waals surface area contributed by atoms with E-state index in [4.69, 9.17) is 10.5 Å². The molecule has 2 saturated heterocycles. The number of carbonyl (C=O) groups is 1. The Balaban J connectivity index is 1.77. The fourth-order valence-corrected chi connectivity index (χ4v) is 5.57. The molecule has 1 amide bonds. The summed E-state index contributed by atoms with van der Waals surface area (Å²) in [5.41, 5.74) is 5.90. The number of allylic oxidation sites excluding steroid dienone is 2. The lowest BCUT2D eigenvalue weighted by molar-refractivity contribution is -0.231. The number of rotatable bonds is 5. The lowest BCUT2D eigenvalue weighted by atomic mass is 9.73. The fourth-order valence-electron chi connectivity index (χ4n) is 5.57. The Kier molecular flexibility index (Phi) is 5.13. The largest absolute Gasteiger partial charge is 0.393 e. The predicted octanol–water partition coefficient (Wildman–Crippen LogP) is 2.63. The van der Waals surface area contributed by atoms with Crippen molar-refractivity contribution in [2.75, 3.05) is 13.2 Å². The summed E-state index contributed by atoms with van der Waals surface area (Å²) in [7, 11) is 0. The van der Waals surface area contributed by atoms with Crippen molar-refractivity contribution in [2.24, 2.45) is 11.1 Å². The van der Waals surface area contributed by atoms with E-state index in [0.29, 0.717) is 24.0 Å². The molecule has 164 valence electrons. The molecule has 2 atom stereocenters. The molecular weight excluding hydrogens is 382 g/mol. The molecule has 0 saturated carbocycles. The molecule has 6 nitrogen and oxygen atoms in total. The van der Waals surface area contributed by atoms with Crippen LogP contribution in [0.15, 0.2) is 24.3 Å². The maximum Gasteiger partial charge on any atom is 0.249 e.